The number of aliphatic imine (C=N–C) groups is 1. The lowest BCUT2D eigenvalue weighted by Gasteiger charge is -2.39. The van der Waals surface area contributed by atoms with E-state index in [4.69, 9.17) is 0 Å². The van der Waals surface area contributed by atoms with Crippen molar-refractivity contribution in [2.75, 3.05) is 0 Å². The standard InChI is InChI=1S/C8F20N2S/c9-2(10,11)1(3(12,13)14)29-4(5(15,16)17,6(18,19)20)30-31(27,28,7(21,22)23)8(24,25)26. The maximum absolute atomic E-state index is 13.5. The average molecular weight is 536 g/mol. The molecule has 0 spiro atoms. The molecule has 0 saturated heterocycles. The first-order chi connectivity index (χ1) is 12.9. The fourth-order valence-electron chi connectivity index (χ4n) is 1.33. The van der Waals surface area contributed by atoms with Crippen LogP contribution in [0.5, 0.6) is 0 Å². The molecule has 0 saturated carbocycles. The first kappa shape index (κ1) is 29.4. The van der Waals surface area contributed by atoms with Gasteiger partial charge in [0.05, 0.1) is 0 Å². The molecule has 0 radical (unpaired) electrons. The molecule has 188 valence electrons. The van der Waals surface area contributed by atoms with Crippen molar-refractivity contribution >= 4 is 15.4 Å². The molecule has 0 unspecified atom stereocenters. The summed E-state index contributed by atoms with van der Waals surface area (Å²) in [4.78, 5) is -0.153. The van der Waals surface area contributed by atoms with E-state index in [1.54, 1.807) is 0 Å². The van der Waals surface area contributed by atoms with Gasteiger partial charge in [-0.1, -0.05) is 0 Å². The molecule has 0 aliphatic carbocycles. The van der Waals surface area contributed by atoms with E-state index in [2.05, 4.69) is 0 Å². The summed E-state index contributed by atoms with van der Waals surface area (Å²) in [6.07, 6.45) is -31.4. The van der Waals surface area contributed by atoms with Crippen LogP contribution in [0.2, 0.25) is 0 Å². The van der Waals surface area contributed by atoms with Gasteiger partial charge in [-0.25, -0.2) is 4.99 Å². The predicted octanol–water partition coefficient (Wildman–Crippen LogP) is 7.05. The molecule has 0 aromatic carbocycles. The maximum Gasteiger partial charge on any atom is 0.493 e. The summed E-state index contributed by atoms with van der Waals surface area (Å²) in [5.74, 6) is 0. The first-order valence-corrected chi connectivity index (χ1v) is 7.77. The van der Waals surface area contributed by atoms with E-state index in [0.717, 1.165) is 0 Å². The Labute approximate surface area is 154 Å². The number of halogens is 20. The summed E-state index contributed by atoms with van der Waals surface area (Å²) in [6.45, 7) is 0. The largest absolute Gasteiger partial charge is 0.493 e. The molecular formula is C8F20N2S. The van der Waals surface area contributed by atoms with E-state index in [-0.39, 0.29) is 4.99 Å². The van der Waals surface area contributed by atoms with Crippen LogP contribution in [-0.2, 0) is 9.73 Å². The maximum atomic E-state index is 13.5. The number of nitrogens with zero attached hydrogens (tertiary/aromatic N) is 2. The van der Waals surface area contributed by atoms with E-state index in [1.165, 1.54) is 0 Å². The predicted molar refractivity (Wildman–Crippen MR) is 58.5 cm³/mol. The Kier molecular flexibility index (Phi) is 6.60. The Morgan fingerprint density at radius 3 is 0.903 bits per heavy atom. The highest BCUT2D eigenvalue weighted by atomic mass is 32.3. The van der Waals surface area contributed by atoms with Crippen molar-refractivity contribution < 1.29 is 86.8 Å². The second-order valence-electron chi connectivity index (χ2n) is 4.90. The van der Waals surface area contributed by atoms with Crippen LogP contribution in [0.1, 0.15) is 0 Å². The topological polar surface area (TPSA) is 24.7 Å². The lowest BCUT2D eigenvalue weighted by molar-refractivity contribution is -0.293. The van der Waals surface area contributed by atoms with Crippen molar-refractivity contribution in [3.8, 4) is 0 Å². The van der Waals surface area contributed by atoms with Gasteiger partial charge in [-0.15, -0.1) is 7.77 Å². The van der Waals surface area contributed by atoms with Crippen LogP contribution in [0, 0.1) is 0 Å². The average Bonchev–Trinajstić information content (AvgIpc) is 2.34. The minimum atomic E-state index is -11.5. The summed E-state index contributed by atoms with van der Waals surface area (Å²) in [5, 5.41) is 0. The normalized spacial score (nSPS) is 17.1. The molecule has 2 nitrogen and oxygen atoms in total. The zero-order chi connectivity index (χ0) is 25.9. The van der Waals surface area contributed by atoms with E-state index in [1.807, 2.05) is 0 Å². The van der Waals surface area contributed by atoms with Gasteiger partial charge in [-0.3, -0.25) is 0 Å². The van der Waals surface area contributed by atoms with Crippen molar-refractivity contribution in [1.82, 2.24) is 0 Å². The fourth-order valence-corrected chi connectivity index (χ4v) is 2.51. The van der Waals surface area contributed by atoms with E-state index in [0.29, 0.717) is 0 Å². The number of rotatable bonds is 2. The van der Waals surface area contributed by atoms with E-state index < -0.39 is 61.2 Å². The van der Waals surface area contributed by atoms with E-state index >= 15 is 0 Å². The number of alkyl halides is 18. The smallest absolute Gasteiger partial charge is 0.228 e. The Balaban J connectivity index is 8.33. The molecule has 0 aromatic heterocycles. The molecule has 0 aliphatic rings. The number of hydrogen-bond donors (Lipinski definition) is 0. The van der Waals surface area contributed by atoms with Gasteiger partial charge >= 0.3 is 41.4 Å². The lowest BCUT2D eigenvalue weighted by Crippen LogP contribution is -2.61. The van der Waals surface area contributed by atoms with Crippen LogP contribution in [0.4, 0.5) is 86.8 Å². The summed E-state index contributed by atoms with van der Waals surface area (Å²) in [5.41, 5.74) is -30.4. The summed E-state index contributed by atoms with van der Waals surface area (Å²) >= 11 is 0. The van der Waals surface area contributed by atoms with Gasteiger partial charge in [0, 0.05) is 0 Å². The Hall–Kier alpha value is -1.58. The number of hydrogen-bond acceptors (Lipinski definition) is 2. The van der Waals surface area contributed by atoms with E-state index in [9.17, 15) is 86.8 Å². The molecule has 0 fully saturated rings. The third-order valence-corrected chi connectivity index (χ3v) is 4.84. The molecule has 0 atom stereocenters. The minimum Gasteiger partial charge on any atom is -0.228 e. The highest BCUT2D eigenvalue weighted by molar-refractivity contribution is 8.14. The lowest BCUT2D eigenvalue weighted by atomic mass is 10.1. The summed E-state index contributed by atoms with van der Waals surface area (Å²) < 4.78 is 251. The zero-order valence-electron chi connectivity index (χ0n) is 12.9. The molecular weight excluding hydrogens is 536 g/mol. The molecule has 0 amide bonds. The third-order valence-electron chi connectivity index (χ3n) is 2.68. The van der Waals surface area contributed by atoms with Crippen LogP contribution in [0.15, 0.2) is 9.36 Å². The SMILES string of the molecule is FC(F)(F)C(=NC(N=S(F)(F)(C(F)(F)F)C(F)(F)F)(C(F)(F)F)C(F)(F)F)C(F)(F)F. The monoisotopic (exact) mass is 536 g/mol. The Morgan fingerprint density at radius 2 is 0.742 bits per heavy atom. The van der Waals surface area contributed by atoms with Crippen molar-refractivity contribution in [2.45, 2.75) is 41.4 Å². The molecule has 31 heavy (non-hydrogen) atoms. The molecule has 23 heteroatoms. The third kappa shape index (κ3) is 4.78. The summed E-state index contributed by atoms with van der Waals surface area (Å²) in [7, 11) is -11.5. The van der Waals surface area contributed by atoms with Crippen LogP contribution in [0.3, 0.4) is 0 Å². The molecule has 0 rings (SSSR count). The molecule has 0 aromatic rings. The van der Waals surface area contributed by atoms with Gasteiger partial charge < -0.3 is 0 Å². The van der Waals surface area contributed by atoms with Crippen molar-refractivity contribution in [3.63, 3.8) is 0 Å². The zero-order valence-corrected chi connectivity index (χ0v) is 13.7. The highest BCUT2D eigenvalue weighted by Crippen LogP contribution is 2.64. The summed E-state index contributed by atoms with van der Waals surface area (Å²) in [6, 6.07) is 0. The fraction of sp³-hybridized carbons (Fsp3) is 0.875. The minimum absolute atomic E-state index is 0.153. The van der Waals surface area contributed by atoms with Crippen LogP contribution >= 0.6 is 0 Å². The Morgan fingerprint density at radius 1 is 0.484 bits per heavy atom. The highest BCUT2D eigenvalue weighted by Gasteiger charge is 2.83. The first-order valence-electron chi connectivity index (χ1n) is 5.97. The van der Waals surface area contributed by atoms with Gasteiger partial charge in [0.1, 0.15) is 0 Å². The molecule has 0 bridgehead atoms. The van der Waals surface area contributed by atoms with Gasteiger partial charge in [-0.2, -0.15) is 83.4 Å². The second kappa shape index (κ2) is 6.96. The molecule has 0 aliphatic heterocycles. The van der Waals surface area contributed by atoms with Gasteiger partial charge in [0.2, 0.25) is 5.71 Å². The van der Waals surface area contributed by atoms with Gasteiger partial charge in [0.25, 0.3) is 9.73 Å². The van der Waals surface area contributed by atoms with Crippen LogP contribution < -0.4 is 0 Å². The van der Waals surface area contributed by atoms with Crippen molar-refractivity contribution in [2.24, 2.45) is 9.36 Å². The van der Waals surface area contributed by atoms with Gasteiger partial charge in [-0.05, 0) is 0 Å². The van der Waals surface area contributed by atoms with Crippen molar-refractivity contribution in [1.29, 1.82) is 0 Å². The van der Waals surface area contributed by atoms with Crippen LogP contribution in [-0.4, -0.2) is 47.1 Å². The Bertz CT molecular complexity index is 721. The quantitative estimate of drug-likeness (QED) is 0.267. The van der Waals surface area contributed by atoms with Crippen LogP contribution in [0.25, 0.3) is 0 Å². The second-order valence-corrected chi connectivity index (χ2v) is 7.58. The van der Waals surface area contributed by atoms with Crippen molar-refractivity contribution in [3.05, 3.63) is 0 Å². The van der Waals surface area contributed by atoms with Gasteiger partial charge in [0.15, 0.2) is 0 Å². The molecule has 0 N–H and O–H groups in total. The molecule has 0 heterocycles.